The molecule has 3 N–H and O–H groups in total. The quantitative estimate of drug-likeness (QED) is 0.816. The summed E-state index contributed by atoms with van der Waals surface area (Å²) < 4.78 is 5.75. The molecule has 1 fully saturated rings. The van der Waals surface area contributed by atoms with E-state index in [4.69, 9.17) is 34.3 Å². The summed E-state index contributed by atoms with van der Waals surface area (Å²) in [7, 11) is 0. The summed E-state index contributed by atoms with van der Waals surface area (Å²) in [6.45, 7) is 7.19. The third-order valence-corrected chi connectivity index (χ3v) is 4.65. The summed E-state index contributed by atoms with van der Waals surface area (Å²) >= 11 is 11.3. The van der Waals surface area contributed by atoms with E-state index in [9.17, 15) is 0 Å². The molecule has 1 saturated carbocycles. The first-order valence-electron chi connectivity index (χ1n) is 6.84. The number of nitrogens with one attached hydrogen (secondary N) is 1. The van der Waals surface area contributed by atoms with Crippen LogP contribution >= 0.6 is 23.8 Å². The van der Waals surface area contributed by atoms with E-state index >= 15 is 0 Å². The first kappa shape index (κ1) is 15.5. The van der Waals surface area contributed by atoms with Crippen molar-refractivity contribution >= 4 is 34.5 Å². The summed E-state index contributed by atoms with van der Waals surface area (Å²) in [5, 5.41) is 4.10. The van der Waals surface area contributed by atoms with Crippen molar-refractivity contribution in [3.05, 3.63) is 28.8 Å². The fourth-order valence-corrected chi connectivity index (χ4v) is 3.25. The number of rotatable bonds is 5. The van der Waals surface area contributed by atoms with Crippen LogP contribution in [-0.2, 0) is 4.74 Å². The normalized spacial score (nSPS) is 24.0. The van der Waals surface area contributed by atoms with Crippen LogP contribution in [0.25, 0.3) is 0 Å². The number of nitrogens with two attached hydrogens (primary N) is 1. The Hall–Kier alpha value is -0.840. The van der Waals surface area contributed by atoms with Gasteiger partial charge in [-0.1, -0.05) is 43.7 Å². The average Bonchev–Trinajstić information content (AvgIpc) is 2.37. The molecule has 0 aliphatic heterocycles. The van der Waals surface area contributed by atoms with E-state index in [-0.39, 0.29) is 11.5 Å². The Labute approximate surface area is 130 Å². The van der Waals surface area contributed by atoms with E-state index in [0.29, 0.717) is 16.1 Å². The monoisotopic (exact) mass is 312 g/mol. The molecule has 1 aliphatic rings. The van der Waals surface area contributed by atoms with Crippen LogP contribution in [0.3, 0.4) is 0 Å². The summed E-state index contributed by atoms with van der Waals surface area (Å²) in [5.74, 6) is 0. The summed E-state index contributed by atoms with van der Waals surface area (Å²) in [6.07, 6.45) is 1.27. The molecule has 0 bridgehead atoms. The standard InChI is InChI=1S/C15H21ClN2OS/c1-4-19-12-8-11(15(12,2)3)18-10-7-5-6-9(16)13(10)14(17)20/h5-7,11-12,18H,4,8H2,1-3H3,(H2,17,20). The Balaban J connectivity index is 2.17. The first-order chi connectivity index (χ1) is 9.37. The predicted molar refractivity (Wildman–Crippen MR) is 88.6 cm³/mol. The number of ether oxygens (including phenoxy) is 1. The Morgan fingerprint density at radius 3 is 2.80 bits per heavy atom. The van der Waals surface area contributed by atoms with Crippen LogP contribution in [0.1, 0.15) is 32.8 Å². The molecule has 2 atom stereocenters. The lowest BCUT2D eigenvalue weighted by Gasteiger charge is -2.52. The highest BCUT2D eigenvalue weighted by atomic mass is 35.5. The van der Waals surface area contributed by atoms with Gasteiger partial charge in [-0.3, -0.25) is 0 Å². The fourth-order valence-electron chi connectivity index (χ4n) is 2.70. The Morgan fingerprint density at radius 1 is 1.55 bits per heavy atom. The fraction of sp³-hybridized carbons (Fsp3) is 0.533. The molecule has 2 rings (SSSR count). The molecule has 2 unspecified atom stereocenters. The Morgan fingerprint density at radius 2 is 2.25 bits per heavy atom. The largest absolute Gasteiger partial charge is 0.389 e. The van der Waals surface area contributed by atoms with Gasteiger partial charge in [0.2, 0.25) is 0 Å². The van der Waals surface area contributed by atoms with Crippen molar-refractivity contribution in [3.63, 3.8) is 0 Å². The zero-order chi connectivity index (χ0) is 14.9. The van der Waals surface area contributed by atoms with E-state index in [1.54, 1.807) is 6.07 Å². The van der Waals surface area contributed by atoms with Crippen molar-refractivity contribution in [2.45, 2.75) is 39.3 Å². The molecule has 0 aromatic heterocycles. The number of halogens is 1. The number of hydrogen-bond donors (Lipinski definition) is 2. The maximum Gasteiger partial charge on any atom is 0.107 e. The van der Waals surface area contributed by atoms with Gasteiger partial charge in [-0.05, 0) is 25.5 Å². The maximum absolute atomic E-state index is 6.19. The van der Waals surface area contributed by atoms with Gasteiger partial charge in [-0.15, -0.1) is 0 Å². The molecule has 1 aliphatic carbocycles. The van der Waals surface area contributed by atoms with Crippen LogP contribution in [0.5, 0.6) is 0 Å². The van der Waals surface area contributed by atoms with Gasteiger partial charge in [-0.25, -0.2) is 0 Å². The van der Waals surface area contributed by atoms with Gasteiger partial charge in [0.15, 0.2) is 0 Å². The number of benzene rings is 1. The molecule has 110 valence electrons. The summed E-state index contributed by atoms with van der Waals surface area (Å²) in [6, 6.07) is 5.99. The SMILES string of the molecule is CCOC1CC(Nc2cccc(Cl)c2C(N)=S)C1(C)C. The smallest absolute Gasteiger partial charge is 0.107 e. The van der Waals surface area contributed by atoms with Crippen molar-refractivity contribution in [2.24, 2.45) is 11.1 Å². The van der Waals surface area contributed by atoms with Gasteiger partial charge in [0.25, 0.3) is 0 Å². The lowest BCUT2D eigenvalue weighted by Crippen LogP contribution is -2.58. The third kappa shape index (κ3) is 2.78. The van der Waals surface area contributed by atoms with Crippen LogP contribution in [-0.4, -0.2) is 23.7 Å². The van der Waals surface area contributed by atoms with Crippen LogP contribution in [0.15, 0.2) is 18.2 Å². The molecule has 5 heteroatoms. The van der Waals surface area contributed by atoms with Crippen LogP contribution < -0.4 is 11.1 Å². The number of hydrogen-bond acceptors (Lipinski definition) is 3. The predicted octanol–water partition coefficient (Wildman–Crippen LogP) is 3.59. The van der Waals surface area contributed by atoms with Gasteiger partial charge in [0.1, 0.15) is 4.99 Å². The van der Waals surface area contributed by atoms with Crippen molar-refractivity contribution < 1.29 is 4.74 Å². The zero-order valence-electron chi connectivity index (χ0n) is 12.1. The van der Waals surface area contributed by atoms with Crippen molar-refractivity contribution in [1.82, 2.24) is 0 Å². The molecule has 1 aromatic carbocycles. The minimum absolute atomic E-state index is 0.0752. The van der Waals surface area contributed by atoms with Gasteiger partial charge < -0.3 is 15.8 Å². The highest BCUT2D eigenvalue weighted by Gasteiger charge is 2.49. The highest BCUT2D eigenvalue weighted by Crippen LogP contribution is 2.44. The van der Waals surface area contributed by atoms with Gasteiger partial charge >= 0.3 is 0 Å². The first-order valence-corrected chi connectivity index (χ1v) is 7.63. The maximum atomic E-state index is 6.19. The number of thiocarbonyl (C=S) groups is 1. The van der Waals surface area contributed by atoms with Crippen LogP contribution in [0.2, 0.25) is 5.02 Å². The van der Waals surface area contributed by atoms with Gasteiger partial charge in [0, 0.05) is 23.8 Å². The van der Waals surface area contributed by atoms with Gasteiger partial charge in [-0.2, -0.15) is 0 Å². The van der Waals surface area contributed by atoms with E-state index in [2.05, 4.69) is 19.2 Å². The van der Waals surface area contributed by atoms with Crippen LogP contribution in [0, 0.1) is 5.41 Å². The molecule has 0 spiro atoms. The Kier molecular flexibility index (Phi) is 4.57. The molecule has 0 saturated heterocycles. The molecule has 1 aromatic rings. The molecule has 0 radical (unpaired) electrons. The van der Waals surface area contributed by atoms with E-state index < -0.39 is 0 Å². The lowest BCUT2D eigenvalue weighted by atomic mass is 9.64. The molecular formula is C15H21ClN2OS. The molecule has 0 heterocycles. The van der Waals surface area contributed by atoms with Crippen molar-refractivity contribution in [1.29, 1.82) is 0 Å². The second kappa shape index (κ2) is 5.88. The summed E-state index contributed by atoms with van der Waals surface area (Å²) in [5.41, 5.74) is 7.47. The average molecular weight is 313 g/mol. The van der Waals surface area contributed by atoms with Crippen molar-refractivity contribution in [3.8, 4) is 0 Å². The van der Waals surface area contributed by atoms with Gasteiger partial charge in [0.05, 0.1) is 16.7 Å². The van der Waals surface area contributed by atoms with E-state index in [1.807, 2.05) is 19.1 Å². The Bertz CT molecular complexity index is 519. The van der Waals surface area contributed by atoms with Crippen LogP contribution in [0.4, 0.5) is 5.69 Å². The summed E-state index contributed by atoms with van der Waals surface area (Å²) in [4.78, 5) is 0.316. The third-order valence-electron chi connectivity index (χ3n) is 4.14. The minimum Gasteiger partial charge on any atom is -0.389 e. The zero-order valence-corrected chi connectivity index (χ0v) is 13.6. The van der Waals surface area contributed by atoms with E-state index in [0.717, 1.165) is 24.3 Å². The van der Waals surface area contributed by atoms with Crippen molar-refractivity contribution in [2.75, 3.05) is 11.9 Å². The molecule has 3 nitrogen and oxygen atoms in total. The number of anilines is 1. The highest BCUT2D eigenvalue weighted by molar-refractivity contribution is 7.80. The second-order valence-corrected chi connectivity index (χ2v) is 6.57. The lowest BCUT2D eigenvalue weighted by molar-refractivity contribution is -0.0975. The minimum atomic E-state index is 0.0752. The topological polar surface area (TPSA) is 47.3 Å². The molecular weight excluding hydrogens is 292 g/mol. The second-order valence-electron chi connectivity index (χ2n) is 5.72. The van der Waals surface area contributed by atoms with E-state index in [1.165, 1.54) is 0 Å². The molecule has 0 amide bonds. The molecule has 20 heavy (non-hydrogen) atoms.